The van der Waals surface area contributed by atoms with Crippen LogP contribution in [0.15, 0.2) is 152 Å². The Morgan fingerprint density at radius 3 is 1.56 bits per heavy atom. The summed E-state index contributed by atoms with van der Waals surface area (Å²) >= 11 is 0. The van der Waals surface area contributed by atoms with Crippen LogP contribution < -0.4 is 9.47 Å². The van der Waals surface area contributed by atoms with Gasteiger partial charge in [0.15, 0.2) is 0 Å². The first-order valence-electron chi connectivity index (χ1n) is 17.7. The van der Waals surface area contributed by atoms with Crippen molar-refractivity contribution in [3.8, 4) is 62.7 Å². The van der Waals surface area contributed by atoms with E-state index >= 15 is 0 Å². The number of para-hydroxylation sites is 1. The van der Waals surface area contributed by atoms with Crippen molar-refractivity contribution in [1.82, 2.24) is 29.1 Å². The van der Waals surface area contributed by atoms with Crippen LogP contribution in [0.2, 0.25) is 0 Å². The molecule has 10 heteroatoms. The number of nitrogens with zero attached hydrogens (tertiary/aromatic N) is 6. The summed E-state index contributed by atoms with van der Waals surface area (Å²) in [5.41, 5.74) is 7.79. The third-order valence-corrected chi connectivity index (χ3v) is 9.48. The predicted octanol–water partition coefficient (Wildman–Crippen LogP) is 10.6. The summed E-state index contributed by atoms with van der Waals surface area (Å²) < 4.78 is 16.8. The molecule has 0 bridgehead atoms. The molecule has 0 amide bonds. The Morgan fingerprint density at radius 1 is 0.509 bits per heavy atom. The van der Waals surface area contributed by atoms with Gasteiger partial charge in [-0.2, -0.15) is 22.9 Å². The molecule has 10 aromatic rings. The van der Waals surface area contributed by atoms with Crippen molar-refractivity contribution in [2.75, 3.05) is 0 Å². The van der Waals surface area contributed by atoms with Crippen LogP contribution in [0, 0.1) is 24.3 Å². The molecule has 0 radical (unpaired) electrons. The van der Waals surface area contributed by atoms with Gasteiger partial charge in [-0.15, -0.1) is 71.8 Å². The second kappa shape index (κ2) is 16.1. The van der Waals surface area contributed by atoms with E-state index in [0.717, 1.165) is 66.5 Å². The first kappa shape index (κ1) is 37.7. The summed E-state index contributed by atoms with van der Waals surface area (Å²) in [4.78, 5) is 18.8. The quantitative estimate of drug-likeness (QED) is 0.112. The number of aromatic nitrogens is 6. The monoisotopic (exact) mass is 920 g/mol. The maximum Gasteiger partial charge on any atom is 2.00 e. The minimum atomic E-state index is 0. The molecule has 0 saturated heterocycles. The minimum absolute atomic E-state index is 0. The summed E-state index contributed by atoms with van der Waals surface area (Å²) in [6, 6.07) is 55.1. The first-order valence-corrected chi connectivity index (χ1v) is 17.7. The number of pyridine rings is 2. The Morgan fingerprint density at radius 2 is 1.04 bits per heavy atom. The Kier molecular flexibility index (Phi) is 10.6. The molecule has 0 atom stereocenters. The van der Waals surface area contributed by atoms with Gasteiger partial charge in [-0.05, 0) is 35.7 Å². The third kappa shape index (κ3) is 7.29. The molecule has 0 N–H and O–H groups in total. The number of aryl methyl sites for hydroxylation is 1. The third-order valence-electron chi connectivity index (χ3n) is 9.48. The molecule has 5 aromatic carbocycles. The largest absolute Gasteiger partial charge is 2.00 e. The van der Waals surface area contributed by atoms with Gasteiger partial charge >= 0.3 is 40.8 Å². The number of hydrogen-bond donors (Lipinski definition) is 0. The van der Waals surface area contributed by atoms with Crippen molar-refractivity contribution in [1.29, 1.82) is 0 Å². The van der Waals surface area contributed by atoms with E-state index in [1.165, 1.54) is 0 Å². The molecule has 0 saturated carbocycles. The van der Waals surface area contributed by atoms with Gasteiger partial charge in [-0.25, -0.2) is 9.97 Å². The van der Waals surface area contributed by atoms with Crippen LogP contribution in [0.3, 0.4) is 0 Å². The van der Waals surface area contributed by atoms with Crippen LogP contribution in [0.5, 0.6) is 23.0 Å². The molecule has 0 aliphatic heterocycles. The minimum Gasteiger partial charge on any atom is -0.503 e. The molecular formula is C47H28N6O2Pd2. The average molecular weight is 922 g/mol. The topological polar surface area (TPSA) is 79.9 Å². The SMILES string of the molecule is Cn1c(-c2cnc(-n3c4[c-]c(Oc5[c-]c(-c6ccccn6)ccc5)ccc4c4ccc(Oc5[c-]c(-c6ccccn6)ccc5)[c-]c43)nc2)cc2ccccc21.[Pd+2].[Pd+2]. The Bertz CT molecular complexity index is 2860. The molecule has 0 aliphatic carbocycles. The van der Waals surface area contributed by atoms with Crippen LogP contribution in [-0.4, -0.2) is 29.1 Å². The molecule has 5 heterocycles. The smallest absolute Gasteiger partial charge is 0.503 e. The van der Waals surface area contributed by atoms with E-state index in [1.54, 1.807) is 12.4 Å². The Labute approximate surface area is 356 Å². The molecule has 57 heavy (non-hydrogen) atoms. The fraction of sp³-hybridized carbons (Fsp3) is 0.0213. The van der Waals surface area contributed by atoms with Crippen LogP contribution in [0.25, 0.3) is 72.4 Å². The van der Waals surface area contributed by atoms with Crippen molar-refractivity contribution in [3.05, 3.63) is 176 Å². The summed E-state index contributed by atoms with van der Waals surface area (Å²) in [5.74, 6) is 2.56. The van der Waals surface area contributed by atoms with Crippen molar-refractivity contribution < 1.29 is 50.3 Å². The standard InChI is InChI=1S/C47H28N6O2.2Pd/c1-52-43-17-3-2-10-33(43)26-44(52)34-29-50-47(51-30-34)53-45-27-37(54-35-13-8-11-31(24-35)41-15-4-6-22-48-41)18-20-39(45)40-21-19-38(28-46(40)53)55-36-14-9-12-32(25-36)42-16-5-7-23-49-42;;/h2-23,26,29-30H,1H3;;/q-4;2*+2. The maximum absolute atomic E-state index is 6.36. The van der Waals surface area contributed by atoms with Crippen molar-refractivity contribution in [2.45, 2.75) is 0 Å². The molecule has 0 unspecified atom stereocenters. The Balaban J connectivity index is 0.00000228. The molecule has 0 fully saturated rings. The second-order valence-electron chi connectivity index (χ2n) is 12.9. The van der Waals surface area contributed by atoms with Crippen molar-refractivity contribution in [2.24, 2.45) is 7.05 Å². The van der Waals surface area contributed by atoms with Crippen LogP contribution in [-0.2, 0) is 47.9 Å². The number of fused-ring (bicyclic) bond motifs is 4. The molecule has 8 nitrogen and oxygen atoms in total. The van der Waals surface area contributed by atoms with Gasteiger partial charge in [0.2, 0.25) is 5.95 Å². The molecule has 278 valence electrons. The predicted molar refractivity (Wildman–Crippen MR) is 213 cm³/mol. The van der Waals surface area contributed by atoms with E-state index in [1.807, 2.05) is 126 Å². The molecule has 10 rings (SSSR count). The second-order valence-corrected chi connectivity index (χ2v) is 12.9. The molecular weight excluding hydrogens is 893 g/mol. The van der Waals surface area contributed by atoms with Crippen molar-refractivity contribution >= 4 is 32.7 Å². The van der Waals surface area contributed by atoms with E-state index in [-0.39, 0.29) is 40.8 Å². The summed E-state index contributed by atoms with van der Waals surface area (Å²) in [6.07, 6.45) is 7.23. The fourth-order valence-electron chi connectivity index (χ4n) is 6.88. The van der Waals surface area contributed by atoms with Gasteiger partial charge in [0, 0.05) is 71.3 Å². The van der Waals surface area contributed by atoms with Crippen molar-refractivity contribution in [3.63, 3.8) is 0 Å². The first-order chi connectivity index (χ1) is 27.1. The molecule has 5 aromatic heterocycles. The van der Waals surface area contributed by atoms with Gasteiger partial charge in [0.05, 0.1) is 5.69 Å². The van der Waals surface area contributed by atoms with Gasteiger partial charge < -0.3 is 28.6 Å². The molecule has 0 spiro atoms. The van der Waals surface area contributed by atoms with E-state index in [2.05, 4.69) is 64.0 Å². The Hall–Kier alpha value is -6.26. The zero-order chi connectivity index (χ0) is 36.7. The molecule has 0 aliphatic rings. The van der Waals surface area contributed by atoms with Crippen LogP contribution >= 0.6 is 0 Å². The zero-order valence-corrected chi connectivity index (χ0v) is 33.2. The summed E-state index contributed by atoms with van der Waals surface area (Å²) in [6.45, 7) is 0. The van der Waals surface area contributed by atoms with Crippen LogP contribution in [0.4, 0.5) is 0 Å². The number of hydrogen-bond acceptors (Lipinski definition) is 6. The van der Waals surface area contributed by atoms with E-state index in [0.29, 0.717) is 28.9 Å². The normalized spacial score (nSPS) is 11.0. The fourth-order valence-corrected chi connectivity index (χ4v) is 6.88. The van der Waals surface area contributed by atoms with E-state index < -0.39 is 0 Å². The zero-order valence-electron chi connectivity index (χ0n) is 30.1. The maximum atomic E-state index is 6.36. The summed E-state index contributed by atoms with van der Waals surface area (Å²) in [7, 11) is 2.05. The number of ether oxygens (including phenoxy) is 2. The summed E-state index contributed by atoms with van der Waals surface area (Å²) in [5, 5.41) is 3.02. The van der Waals surface area contributed by atoms with Gasteiger partial charge in [-0.3, -0.25) is 0 Å². The van der Waals surface area contributed by atoms with E-state index in [4.69, 9.17) is 19.4 Å². The van der Waals surface area contributed by atoms with Gasteiger partial charge in [0.1, 0.15) is 0 Å². The number of rotatable bonds is 8. The van der Waals surface area contributed by atoms with E-state index in [9.17, 15) is 0 Å². The average Bonchev–Trinajstić information content (AvgIpc) is 3.75. The van der Waals surface area contributed by atoms with Gasteiger partial charge in [-0.1, -0.05) is 65.6 Å². The van der Waals surface area contributed by atoms with Crippen LogP contribution in [0.1, 0.15) is 0 Å². The number of benzene rings is 5. The van der Waals surface area contributed by atoms with Gasteiger partial charge in [0.25, 0.3) is 0 Å².